The molecule has 1 saturated carbocycles. The number of anilines is 1. The van der Waals surface area contributed by atoms with Crippen LogP contribution in [0, 0.1) is 17.2 Å². The van der Waals surface area contributed by atoms with E-state index in [1.807, 2.05) is 30.3 Å². The molecule has 1 aromatic carbocycles. The fraction of sp³-hybridized carbons (Fsp3) is 0.353. The lowest BCUT2D eigenvalue weighted by molar-refractivity contribution is -0.120. The van der Waals surface area contributed by atoms with E-state index in [1.54, 1.807) is 6.07 Å². The van der Waals surface area contributed by atoms with E-state index in [9.17, 15) is 4.79 Å². The van der Waals surface area contributed by atoms with Crippen LogP contribution >= 0.6 is 0 Å². The van der Waals surface area contributed by atoms with Gasteiger partial charge in [0, 0.05) is 11.3 Å². The molecule has 2 aromatic rings. The van der Waals surface area contributed by atoms with E-state index in [4.69, 9.17) is 5.26 Å². The average molecular weight is 279 g/mol. The minimum atomic E-state index is 0.0753. The average Bonchev–Trinajstić information content (AvgIpc) is 2.55. The zero-order valence-electron chi connectivity index (χ0n) is 11.8. The summed E-state index contributed by atoms with van der Waals surface area (Å²) in [6.07, 6.45) is 5.42. The van der Waals surface area contributed by atoms with Crippen molar-refractivity contribution in [2.45, 2.75) is 32.1 Å². The molecule has 1 aliphatic carbocycles. The van der Waals surface area contributed by atoms with Crippen LogP contribution in [-0.2, 0) is 4.79 Å². The molecule has 1 aliphatic rings. The van der Waals surface area contributed by atoms with Crippen LogP contribution in [0.5, 0.6) is 0 Å². The van der Waals surface area contributed by atoms with Crippen molar-refractivity contribution in [3.63, 3.8) is 0 Å². The summed E-state index contributed by atoms with van der Waals surface area (Å²) in [7, 11) is 0. The Labute approximate surface area is 123 Å². The molecule has 4 heteroatoms. The van der Waals surface area contributed by atoms with Gasteiger partial charge in [0.1, 0.15) is 11.8 Å². The number of hydrogen-bond donors (Lipinski definition) is 1. The van der Waals surface area contributed by atoms with Crippen LogP contribution in [0.1, 0.15) is 37.8 Å². The number of nitrogens with zero attached hydrogens (tertiary/aromatic N) is 2. The second kappa shape index (κ2) is 5.92. The third-order valence-corrected chi connectivity index (χ3v) is 4.07. The summed E-state index contributed by atoms with van der Waals surface area (Å²) in [6.45, 7) is 0. The van der Waals surface area contributed by atoms with Crippen LogP contribution in [0.3, 0.4) is 0 Å². The topological polar surface area (TPSA) is 65.8 Å². The summed E-state index contributed by atoms with van der Waals surface area (Å²) >= 11 is 0. The van der Waals surface area contributed by atoms with Gasteiger partial charge in [-0.2, -0.15) is 5.26 Å². The number of aromatic nitrogens is 1. The number of pyridine rings is 1. The summed E-state index contributed by atoms with van der Waals surface area (Å²) in [5.74, 6) is 0.180. The third kappa shape index (κ3) is 2.87. The van der Waals surface area contributed by atoms with Crippen LogP contribution in [0.4, 0.5) is 5.69 Å². The van der Waals surface area contributed by atoms with Gasteiger partial charge in [-0.1, -0.05) is 31.4 Å². The molecular formula is C17H17N3O. The number of carbonyl (C=O) groups is 1. The maximum Gasteiger partial charge on any atom is 0.227 e. The zero-order valence-corrected chi connectivity index (χ0v) is 11.8. The summed E-state index contributed by atoms with van der Waals surface area (Å²) in [6, 6.07) is 11.3. The molecule has 4 nitrogen and oxygen atoms in total. The van der Waals surface area contributed by atoms with E-state index >= 15 is 0 Å². The minimum absolute atomic E-state index is 0.0753. The number of para-hydroxylation sites is 1. The predicted octanol–water partition coefficient (Wildman–Crippen LogP) is 3.63. The Morgan fingerprint density at radius 2 is 2.00 bits per heavy atom. The normalized spacial score (nSPS) is 15.6. The van der Waals surface area contributed by atoms with Gasteiger partial charge >= 0.3 is 0 Å². The second-order valence-corrected chi connectivity index (χ2v) is 5.51. The molecule has 0 aliphatic heterocycles. The maximum atomic E-state index is 12.4. The summed E-state index contributed by atoms with van der Waals surface area (Å²) < 4.78 is 0. The number of nitriles is 1. The number of amides is 1. The Hall–Kier alpha value is -2.41. The highest BCUT2D eigenvalue weighted by Gasteiger charge is 2.21. The molecule has 0 spiro atoms. The number of carbonyl (C=O) groups excluding carboxylic acids is 1. The molecule has 3 rings (SSSR count). The Morgan fingerprint density at radius 1 is 1.19 bits per heavy atom. The lowest BCUT2D eigenvalue weighted by atomic mass is 9.88. The van der Waals surface area contributed by atoms with Crippen LogP contribution in [0.25, 0.3) is 10.9 Å². The van der Waals surface area contributed by atoms with E-state index < -0.39 is 0 Å². The van der Waals surface area contributed by atoms with E-state index in [1.165, 1.54) is 6.42 Å². The first-order chi connectivity index (χ1) is 10.3. The highest BCUT2D eigenvalue weighted by Crippen LogP contribution is 2.27. The monoisotopic (exact) mass is 279 g/mol. The number of rotatable bonds is 2. The van der Waals surface area contributed by atoms with Gasteiger partial charge in [-0.3, -0.25) is 4.79 Å². The lowest BCUT2D eigenvalue weighted by Gasteiger charge is -2.21. The Balaban J connectivity index is 1.89. The molecule has 1 amide bonds. The smallest absolute Gasteiger partial charge is 0.227 e. The van der Waals surface area contributed by atoms with Gasteiger partial charge < -0.3 is 5.32 Å². The van der Waals surface area contributed by atoms with Gasteiger partial charge in [-0.05, 0) is 31.0 Å². The molecular weight excluding hydrogens is 262 g/mol. The third-order valence-electron chi connectivity index (χ3n) is 4.07. The quantitative estimate of drug-likeness (QED) is 0.913. The first-order valence-electron chi connectivity index (χ1n) is 7.38. The van der Waals surface area contributed by atoms with Gasteiger partial charge in [-0.25, -0.2) is 4.98 Å². The molecule has 0 saturated heterocycles. The SMILES string of the molecule is N#Cc1ccc2cccc(NC(=O)C3CCCCC3)c2n1. The standard InChI is InChI=1S/C17H17N3O/c18-11-14-10-9-12-7-4-8-15(16(12)19-14)20-17(21)13-5-2-1-3-6-13/h4,7-10,13H,1-3,5-6H2,(H,20,21). The molecule has 0 unspecified atom stereocenters. The van der Waals surface area contributed by atoms with Crippen molar-refractivity contribution in [2.75, 3.05) is 5.32 Å². The van der Waals surface area contributed by atoms with E-state index in [0.29, 0.717) is 16.9 Å². The van der Waals surface area contributed by atoms with Crippen molar-refractivity contribution in [1.29, 1.82) is 5.26 Å². The predicted molar refractivity (Wildman–Crippen MR) is 81.7 cm³/mol. The van der Waals surface area contributed by atoms with E-state index in [-0.39, 0.29) is 11.8 Å². The number of fused-ring (bicyclic) bond motifs is 1. The van der Waals surface area contributed by atoms with Gasteiger partial charge in [-0.15, -0.1) is 0 Å². The largest absolute Gasteiger partial charge is 0.324 e. The minimum Gasteiger partial charge on any atom is -0.324 e. The molecule has 1 N–H and O–H groups in total. The second-order valence-electron chi connectivity index (χ2n) is 5.51. The van der Waals surface area contributed by atoms with Crippen molar-refractivity contribution < 1.29 is 4.79 Å². The highest BCUT2D eigenvalue weighted by atomic mass is 16.1. The molecule has 1 heterocycles. The molecule has 106 valence electrons. The van der Waals surface area contributed by atoms with Crippen molar-refractivity contribution >= 4 is 22.5 Å². The van der Waals surface area contributed by atoms with E-state index in [2.05, 4.69) is 10.3 Å². The Morgan fingerprint density at radius 3 is 2.76 bits per heavy atom. The highest BCUT2D eigenvalue weighted by molar-refractivity contribution is 6.01. The Kier molecular flexibility index (Phi) is 3.83. The number of benzene rings is 1. The molecule has 1 fully saturated rings. The van der Waals surface area contributed by atoms with Crippen LogP contribution in [0.2, 0.25) is 0 Å². The summed E-state index contributed by atoms with van der Waals surface area (Å²) in [4.78, 5) is 16.7. The van der Waals surface area contributed by atoms with Gasteiger partial charge in [0.05, 0.1) is 11.2 Å². The fourth-order valence-electron chi connectivity index (χ4n) is 2.91. The van der Waals surface area contributed by atoms with Crippen molar-refractivity contribution in [3.8, 4) is 6.07 Å². The summed E-state index contributed by atoms with van der Waals surface area (Å²) in [5.41, 5.74) is 1.74. The van der Waals surface area contributed by atoms with Crippen LogP contribution in [-0.4, -0.2) is 10.9 Å². The molecule has 21 heavy (non-hydrogen) atoms. The van der Waals surface area contributed by atoms with Crippen molar-refractivity contribution in [2.24, 2.45) is 5.92 Å². The zero-order chi connectivity index (χ0) is 14.7. The van der Waals surface area contributed by atoms with Crippen LogP contribution in [0.15, 0.2) is 30.3 Å². The summed E-state index contributed by atoms with van der Waals surface area (Å²) in [5, 5.41) is 12.9. The van der Waals surface area contributed by atoms with Gasteiger partial charge in [0.2, 0.25) is 5.91 Å². The van der Waals surface area contributed by atoms with Gasteiger partial charge in [0.15, 0.2) is 0 Å². The van der Waals surface area contributed by atoms with E-state index in [0.717, 1.165) is 31.1 Å². The van der Waals surface area contributed by atoms with Gasteiger partial charge in [0.25, 0.3) is 0 Å². The molecule has 1 aromatic heterocycles. The van der Waals surface area contributed by atoms with Crippen molar-refractivity contribution in [3.05, 3.63) is 36.0 Å². The number of nitrogens with one attached hydrogen (secondary N) is 1. The van der Waals surface area contributed by atoms with Crippen LogP contribution < -0.4 is 5.32 Å². The Bertz CT molecular complexity index is 712. The molecule has 0 radical (unpaired) electrons. The lowest BCUT2D eigenvalue weighted by Crippen LogP contribution is -2.24. The first kappa shape index (κ1) is 13.6. The maximum absolute atomic E-state index is 12.4. The number of hydrogen-bond acceptors (Lipinski definition) is 3. The fourth-order valence-corrected chi connectivity index (χ4v) is 2.91. The molecule has 0 atom stereocenters. The van der Waals surface area contributed by atoms with Crippen molar-refractivity contribution in [1.82, 2.24) is 4.98 Å². The molecule has 0 bridgehead atoms. The first-order valence-corrected chi connectivity index (χ1v) is 7.38.